The summed E-state index contributed by atoms with van der Waals surface area (Å²) in [6.07, 6.45) is -4.52. The van der Waals surface area contributed by atoms with Crippen LogP contribution in [0.1, 0.15) is 18.9 Å². The predicted octanol–water partition coefficient (Wildman–Crippen LogP) is 3.19. The Labute approximate surface area is 139 Å². The number of hydrogen-bond acceptors (Lipinski definition) is 5. The zero-order valence-electron chi connectivity index (χ0n) is 12.3. The van der Waals surface area contributed by atoms with Gasteiger partial charge in [0.05, 0.1) is 21.4 Å². The predicted molar refractivity (Wildman–Crippen MR) is 81.0 cm³/mol. The Hall–Kier alpha value is -2.36. The summed E-state index contributed by atoms with van der Waals surface area (Å²) in [6.45, 7) is 1.77. The molecule has 1 atom stereocenters. The molecule has 0 spiro atoms. The number of anilines is 1. The number of nitrogens with zero attached hydrogens (tertiary/aromatic N) is 2. The molecule has 0 fully saturated rings. The molecule has 0 radical (unpaired) electrons. The molecule has 1 aromatic rings. The number of nitrogens with one attached hydrogen (secondary N) is 2. The van der Waals surface area contributed by atoms with Crippen molar-refractivity contribution in [2.24, 2.45) is 11.0 Å². The Kier molecular flexibility index (Phi) is 4.97. The standard InChI is InChI=1S/C13H12ClF3N4O3/c1-6-7(12(22)20-19-6)2-3-18-10-5-9(14)8(13(15,16)17)4-11(10)21(23)24/h4-5,7,18H,2-3H2,1H3,(H,20,22)/t7-/m0/s1. The van der Waals surface area contributed by atoms with E-state index in [1.807, 2.05) is 0 Å². The number of hydrogen-bond donors (Lipinski definition) is 2. The lowest BCUT2D eigenvalue weighted by atomic mass is 10.0. The number of amides is 1. The molecule has 1 aliphatic heterocycles. The van der Waals surface area contributed by atoms with Crippen molar-refractivity contribution in [2.75, 3.05) is 11.9 Å². The molecule has 0 bridgehead atoms. The second-order valence-electron chi connectivity index (χ2n) is 5.10. The van der Waals surface area contributed by atoms with Crippen LogP contribution in [0.15, 0.2) is 17.2 Å². The van der Waals surface area contributed by atoms with Crippen molar-refractivity contribution in [3.05, 3.63) is 32.8 Å². The molecule has 0 aliphatic carbocycles. The molecule has 2 N–H and O–H groups in total. The minimum atomic E-state index is -4.80. The van der Waals surface area contributed by atoms with Gasteiger partial charge in [0.15, 0.2) is 0 Å². The quantitative estimate of drug-likeness (QED) is 0.619. The van der Waals surface area contributed by atoms with E-state index in [4.69, 9.17) is 11.6 Å². The molecule has 1 amide bonds. The lowest BCUT2D eigenvalue weighted by Gasteiger charge is -2.13. The molecule has 1 heterocycles. The fraction of sp³-hybridized carbons (Fsp3) is 0.385. The van der Waals surface area contributed by atoms with Crippen LogP contribution in [0, 0.1) is 16.0 Å². The van der Waals surface area contributed by atoms with E-state index in [2.05, 4.69) is 15.8 Å². The van der Waals surface area contributed by atoms with Gasteiger partial charge in [-0.25, -0.2) is 5.43 Å². The number of carbonyl (C=O) groups is 1. The maximum Gasteiger partial charge on any atom is 0.418 e. The van der Waals surface area contributed by atoms with Gasteiger partial charge in [0, 0.05) is 18.3 Å². The third-order valence-corrected chi connectivity index (χ3v) is 3.81. The molecule has 0 saturated heterocycles. The van der Waals surface area contributed by atoms with Gasteiger partial charge in [0.1, 0.15) is 5.69 Å². The zero-order chi connectivity index (χ0) is 18.1. The number of hydrazone groups is 1. The molecule has 0 aromatic heterocycles. The molecule has 24 heavy (non-hydrogen) atoms. The summed E-state index contributed by atoms with van der Waals surface area (Å²) in [6, 6.07) is 1.25. The van der Waals surface area contributed by atoms with E-state index in [-0.39, 0.29) is 24.6 Å². The SMILES string of the molecule is CC1=NNC(=O)[C@H]1CCNc1cc(Cl)c(C(F)(F)F)cc1[N+](=O)[O-]. The van der Waals surface area contributed by atoms with Crippen LogP contribution in [0.3, 0.4) is 0 Å². The van der Waals surface area contributed by atoms with Crippen molar-refractivity contribution in [1.29, 1.82) is 0 Å². The number of halogens is 4. The number of carbonyl (C=O) groups excluding carboxylic acids is 1. The number of nitro groups is 1. The Morgan fingerprint density at radius 3 is 2.62 bits per heavy atom. The lowest BCUT2D eigenvalue weighted by molar-refractivity contribution is -0.384. The van der Waals surface area contributed by atoms with Crippen LogP contribution >= 0.6 is 11.6 Å². The van der Waals surface area contributed by atoms with Gasteiger partial charge in [0.25, 0.3) is 5.69 Å². The van der Waals surface area contributed by atoms with Crippen molar-refractivity contribution in [2.45, 2.75) is 19.5 Å². The van der Waals surface area contributed by atoms with Gasteiger partial charge in [-0.05, 0) is 19.4 Å². The molecular formula is C13H12ClF3N4O3. The Balaban J connectivity index is 2.18. The van der Waals surface area contributed by atoms with Gasteiger partial charge >= 0.3 is 6.18 Å². The van der Waals surface area contributed by atoms with E-state index < -0.39 is 33.3 Å². The zero-order valence-corrected chi connectivity index (χ0v) is 13.0. The van der Waals surface area contributed by atoms with Crippen LogP contribution in [0.5, 0.6) is 0 Å². The highest BCUT2D eigenvalue weighted by molar-refractivity contribution is 6.31. The number of rotatable bonds is 5. The number of nitro benzene ring substituents is 1. The second-order valence-corrected chi connectivity index (χ2v) is 5.51. The van der Waals surface area contributed by atoms with Gasteiger partial charge in [-0.3, -0.25) is 14.9 Å². The first kappa shape index (κ1) is 18.0. The van der Waals surface area contributed by atoms with Crippen LogP contribution in [-0.2, 0) is 11.0 Å². The highest BCUT2D eigenvalue weighted by Gasteiger charge is 2.36. The van der Waals surface area contributed by atoms with E-state index in [0.29, 0.717) is 11.8 Å². The van der Waals surface area contributed by atoms with Gasteiger partial charge in [0.2, 0.25) is 5.91 Å². The summed E-state index contributed by atoms with van der Waals surface area (Å²) in [4.78, 5) is 21.6. The van der Waals surface area contributed by atoms with Crippen molar-refractivity contribution >= 4 is 34.6 Å². The summed E-state index contributed by atoms with van der Waals surface area (Å²) in [5.74, 6) is -0.782. The Morgan fingerprint density at radius 2 is 2.12 bits per heavy atom. The molecule has 11 heteroatoms. The molecule has 7 nitrogen and oxygen atoms in total. The first-order valence-corrected chi connectivity index (χ1v) is 7.12. The van der Waals surface area contributed by atoms with Crippen LogP contribution in [-0.4, -0.2) is 23.1 Å². The van der Waals surface area contributed by atoms with Crippen molar-refractivity contribution in [1.82, 2.24) is 5.43 Å². The van der Waals surface area contributed by atoms with Gasteiger partial charge in [-0.2, -0.15) is 18.3 Å². The second kappa shape index (κ2) is 6.63. The maximum absolute atomic E-state index is 12.8. The first-order valence-electron chi connectivity index (χ1n) is 6.74. The monoisotopic (exact) mass is 364 g/mol. The number of alkyl halides is 3. The lowest BCUT2D eigenvalue weighted by Crippen LogP contribution is -2.24. The first-order chi connectivity index (χ1) is 11.1. The maximum atomic E-state index is 12.8. The van der Waals surface area contributed by atoms with E-state index in [0.717, 1.165) is 6.07 Å². The topological polar surface area (TPSA) is 96.6 Å². The van der Waals surface area contributed by atoms with Gasteiger partial charge in [-0.15, -0.1) is 0 Å². The minimum Gasteiger partial charge on any atom is -0.379 e. The normalized spacial score (nSPS) is 17.5. The van der Waals surface area contributed by atoms with Crippen LogP contribution in [0.2, 0.25) is 5.02 Å². The van der Waals surface area contributed by atoms with Crippen LogP contribution in [0.4, 0.5) is 24.5 Å². The van der Waals surface area contributed by atoms with Gasteiger partial charge < -0.3 is 5.32 Å². The molecule has 130 valence electrons. The largest absolute Gasteiger partial charge is 0.418 e. The molecule has 0 unspecified atom stereocenters. The van der Waals surface area contributed by atoms with Crippen molar-refractivity contribution < 1.29 is 22.9 Å². The fourth-order valence-corrected chi connectivity index (χ4v) is 2.52. The third kappa shape index (κ3) is 3.75. The summed E-state index contributed by atoms with van der Waals surface area (Å²) < 4.78 is 38.3. The molecule has 2 rings (SSSR count). The summed E-state index contributed by atoms with van der Waals surface area (Å²) >= 11 is 5.58. The summed E-state index contributed by atoms with van der Waals surface area (Å²) in [5.41, 5.74) is 0.701. The Morgan fingerprint density at radius 1 is 1.46 bits per heavy atom. The van der Waals surface area contributed by atoms with E-state index in [1.165, 1.54) is 0 Å². The molecule has 1 aromatic carbocycles. The number of benzene rings is 1. The third-order valence-electron chi connectivity index (χ3n) is 3.50. The molecular weight excluding hydrogens is 353 g/mol. The van der Waals surface area contributed by atoms with E-state index in [9.17, 15) is 28.1 Å². The smallest absolute Gasteiger partial charge is 0.379 e. The Bertz CT molecular complexity index is 721. The van der Waals surface area contributed by atoms with Crippen LogP contribution in [0.25, 0.3) is 0 Å². The fourth-order valence-electron chi connectivity index (χ4n) is 2.25. The van der Waals surface area contributed by atoms with E-state index in [1.54, 1.807) is 6.92 Å². The minimum absolute atomic E-state index is 0.119. The highest BCUT2D eigenvalue weighted by Crippen LogP contribution is 2.40. The summed E-state index contributed by atoms with van der Waals surface area (Å²) in [5, 5.41) is 16.8. The summed E-state index contributed by atoms with van der Waals surface area (Å²) in [7, 11) is 0. The molecule has 1 aliphatic rings. The van der Waals surface area contributed by atoms with Gasteiger partial charge in [-0.1, -0.05) is 11.6 Å². The van der Waals surface area contributed by atoms with E-state index >= 15 is 0 Å². The molecule has 0 saturated carbocycles. The van der Waals surface area contributed by atoms with Crippen molar-refractivity contribution in [3.8, 4) is 0 Å². The average molecular weight is 365 g/mol. The van der Waals surface area contributed by atoms with Crippen LogP contribution < -0.4 is 10.7 Å². The van der Waals surface area contributed by atoms with Crippen molar-refractivity contribution in [3.63, 3.8) is 0 Å². The highest BCUT2D eigenvalue weighted by atomic mass is 35.5. The average Bonchev–Trinajstić information content (AvgIpc) is 2.77.